The molecule has 19 heavy (non-hydrogen) atoms. The van der Waals surface area contributed by atoms with Crippen molar-refractivity contribution < 1.29 is 0 Å². The van der Waals surface area contributed by atoms with Crippen molar-refractivity contribution in [3.63, 3.8) is 0 Å². The van der Waals surface area contributed by atoms with Crippen molar-refractivity contribution in [3.8, 4) is 0 Å². The fourth-order valence-electron chi connectivity index (χ4n) is 2.91. The van der Waals surface area contributed by atoms with Gasteiger partial charge in [-0.2, -0.15) is 0 Å². The quantitative estimate of drug-likeness (QED) is 0.799. The van der Waals surface area contributed by atoms with Crippen molar-refractivity contribution in [2.45, 2.75) is 71.5 Å². The van der Waals surface area contributed by atoms with Crippen molar-refractivity contribution in [1.82, 2.24) is 15.1 Å². The fraction of sp³-hybridized carbons (Fsp3) is 1.00. The zero-order valence-corrected chi connectivity index (χ0v) is 14.0. The monoisotopic (exact) mass is 269 g/mol. The SMILES string of the molecule is CCCC(CNC(C)(C)C)N1CCN(C)C(CC)C1. The Hall–Kier alpha value is -0.120. The summed E-state index contributed by atoms with van der Waals surface area (Å²) in [5.41, 5.74) is 0.225. The third kappa shape index (κ3) is 5.80. The van der Waals surface area contributed by atoms with Gasteiger partial charge in [0.2, 0.25) is 0 Å². The summed E-state index contributed by atoms with van der Waals surface area (Å²) >= 11 is 0. The Balaban J connectivity index is 2.55. The Morgan fingerprint density at radius 3 is 2.42 bits per heavy atom. The molecule has 1 heterocycles. The lowest BCUT2D eigenvalue weighted by atomic mass is 10.0. The summed E-state index contributed by atoms with van der Waals surface area (Å²) in [6.45, 7) is 16.2. The number of piperazine rings is 1. The first kappa shape index (κ1) is 16.9. The molecule has 0 aromatic heterocycles. The normalized spacial score (nSPS) is 24.6. The lowest BCUT2D eigenvalue weighted by molar-refractivity contribution is 0.0568. The molecule has 1 rings (SSSR count). The lowest BCUT2D eigenvalue weighted by Gasteiger charge is -2.43. The van der Waals surface area contributed by atoms with Gasteiger partial charge in [0.05, 0.1) is 0 Å². The summed E-state index contributed by atoms with van der Waals surface area (Å²) in [4.78, 5) is 5.24. The van der Waals surface area contributed by atoms with Crippen molar-refractivity contribution in [3.05, 3.63) is 0 Å². The Bertz CT molecular complexity index is 247. The number of nitrogens with one attached hydrogen (secondary N) is 1. The first-order chi connectivity index (χ1) is 8.87. The summed E-state index contributed by atoms with van der Waals surface area (Å²) in [5.74, 6) is 0. The van der Waals surface area contributed by atoms with Gasteiger partial charge in [-0.15, -0.1) is 0 Å². The minimum Gasteiger partial charge on any atom is -0.311 e. The van der Waals surface area contributed by atoms with E-state index in [1.807, 2.05) is 0 Å². The van der Waals surface area contributed by atoms with Crippen molar-refractivity contribution in [2.75, 3.05) is 33.2 Å². The molecule has 1 N–H and O–H groups in total. The van der Waals surface area contributed by atoms with Gasteiger partial charge >= 0.3 is 0 Å². The molecular weight excluding hydrogens is 234 g/mol. The van der Waals surface area contributed by atoms with Crippen LogP contribution in [0.5, 0.6) is 0 Å². The minimum atomic E-state index is 0.225. The molecule has 1 aliphatic rings. The van der Waals surface area contributed by atoms with E-state index in [1.54, 1.807) is 0 Å². The van der Waals surface area contributed by atoms with Crippen molar-refractivity contribution >= 4 is 0 Å². The molecule has 0 saturated carbocycles. The highest BCUT2D eigenvalue weighted by Gasteiger charge is 2.28. The van der Waals surface area contributed by atoms with Gasteiger partial charge in [0.15, 0.2) is 0 Å². The van der Waals surface area contributed by atoms with Crippen LogP contribution in [0, 0.1) is 0 Å². The van der Waals surface area contributed by atoms with E-state index in [-0.39, 0.29) is 5.54 Å². The topological polar surface area (TPSA) is 18.5 Å². The Kier molecular flexibility index (Phi) is 6.78. The average molecular weight is 269 g/mol. The summed E-state index contributed by atoms with van der Waals surface area (Å²) in [6, 6.07) is 1.44. The molecule has 0 bridgehead atoms. The molecule has 0 aromatic rings. The second-order valence-corrected chi connectivity index (χ2v) is 7.11. The van der Waals surface area contributed by atoms with Crippen LogP contribution in [0.25, 0.3) is 0 Å². The van der Waals surface area contributed by atoms with E-state index in [0.29, 0.717) is 6.04 Å². The molecule has 0 radical (unpaired) electrons. The van der Waals surface area contributed by atoms with E-state index in [9.17, 15) is 0 Å². The zero-order chi connectivity index (χ0) is 14.5. The van der Waals surface area contributed by atoms with Crippen molar-refractivity contribution in [1.29, 1.82) is 0 Å². The van der Waals surface area contributed by atoms with Crippen LogP contribution in [0.2, 0.25) is 0 Å². The summed E-state index contributed by atoms with van der Waals surface area (Å²) < 4.78 is 0. The maximum atomic E-state index is 3.69. The summed E-state index contributed by atoms with van der Waals surface area (Å²) in [6.07, 6.45) is 3.85. The third-order valence-corrected chi connectivity index (χ3v) is 4.29. The molecule has 3 heteroatoms. The molecule has 0 spiro atoms. The number of rotatable bonds is 6. The highest BCUT2D eigenvalue weighted by atomic mass is 15.3. The standard InChI is InChI=1S/C16H35N3/c1-7-9-15(12-17-16(3,4)5)19-11-10-18(6)14(8-2)13-19/h14-15,17H,7-13H2,1-6H3. The molecule has 1 aliphatic heterocycles. The predicted octanol–water partition coefficient (Wildman–Crippen LogP) is 2.57. The van der Waals surface area contributed by atoms with E-state index >= 15 is 0 Å². The van der Waals surface area contributed by atoms with Crippen LogP contribution >= 0.6 is 0 Å². The van der Waals surface area contributed by atoms with Gasteiger partial charge < -0.3 is 10.2 Å². The average Bonchev–Trinajstić information content (AvgIpc) is 2.34. The Morgan fingerprint density at radius 1 is 1.21 bits per heavy atom. The minimum absolute atomic E-state index is 0.225. The molecule has 2 atom stereocenters. The van der Waals surface area contributed by atoms with Crippen LogP contribution in [-0.4, -0.2) is 60.6 Å². The molecule has 0 aromatic carbocycles. The van der Waals surface area contributed by atoms with Crippen molar-refractivity contribution in [2.24, 2.45) is 0 Å². The molecule has 3 nitrogen and oxygen atoms in total. The maximum Gasteiger partial charge on any atom is 0.0221 e. The van der Waals surface area contributed by atoms with Crippen LogP contribution in [0.3, 0.4) is 0 Å². The van der Waals surface area contributed by atoms with Gasteiger partial charge in [-0.3, -0.25) is 4.90 Å². The number of nitrogens with zero attached hydrogens (tertiary/aromatic N) is 2. The highest BCUT2D eigenvalue weighted by molar-refractivity contribution is 4.86. The molecule has 0 amide bonds. The van der Waals surface area contributed by atoms with Gasteiger partial charge in [0, 0.05) is 43.8 Å². The van der Waals surface area contributed by atoms with E-state index in [1.165, 1.54) is 38.9 Å². The van der Waals surface area contributed by atoms with E-state index in [0.717, 1.165) is 12.6 Å². The number of hydrogen-bond donors (Lipinski definition) is 1. The number of likely N-dealkylation sites (N-methyl/N-ethyl adjacent to an activating group) is 1. The maximum absolute atomic E-state index is 3.69. The van der Waals surface area contributed by atoms with Crippen LogP contribution in [0.1, 0.15) is 53.9 Å². The summed E-state index contributed by atoms with van der Waals surface area (Å²) in [5, 5.41) is 3.69. The van der Waals surface area contributed by atoms with Gasteiger partial charge in [0.1, 0.15) is 0 Å². The van der Waals surface area contributed by atoms with E-state index in [2.05, 4.69) is 56.8 Å². The second kappa shape index (κ2) is 7.61. The van der Waals surface area contributed by atoms with Crippen LogP contribution < -0.4 is 5.32 Å². The smallest absolute Gasteiger partial charge is 0.0221 e. The van der Waals surface area contributed by atoms with Crippen LogP contribution in [0.15, 0.2) is 0 Å². The van der Waals surface area contributed by atoms with Gasteiger partial charge in [-0.05, 0) is 40.7 Å². The van der Waals surface area contributed by atoms with Crippen LogP contribution in [0.4, 0.5) is 0 Å². The van der Waals surface area contributed by atoms with Gasteiger partial charge in [-0.1, -0.05) is 20.3 Å². The molecule has 1 fully saturated rings. The van der Waals surface area contributed by atoms with E-state index < -0.39 is 0 Å². The first-order valence-electron chi connectivity index (χ1n) is 8.06. The number of hydrogen-bond acceptors (Lipinski definition) is 3. The molecule has 0 aliphatic carbocycles. The Morgan fingerprint density at radius 2 is 1.89 bits per heavy atom. The lowest BCUT2D eigenvalue weighted by Crippen LogP contribution is -2.57. The predicted molar refractivity (Wildman–Crippen MR) is 84.7 cm³/mol. The highest BCUT2D eigenvalue weighted by Crippen LogP contribution is 2.16. The Labute approximate surface area is 120 Å². The molecule has 1 saturated heterocycles. The second-order valence-electron chi connectivity index (χ2n) is 7.11. The van der Waals surface area contributed by atoms with Gasteiger partial charge in [-0.25, -0.2) is 0 Å². The third-order valence-electron chi connectivity index (χ3n) is 4.29. The summed E-state index contributed by atoms with van der Waals surface area (Å²) in [7, 11) is 2.27. The molecular formula is C16H35N3. The van der Waals surface area contributed by atoms with Crippen LogP contribution in [-0.2, 0) is 0 Å². The largest absolute Gasteiger partial charge is 0.311 e. The zero-order valence-electron chi connectivity index (χ0n) is 14.0. The van der Waals surface area contributed by atoms with Gasteiger partial charge in [0.25, 0.3) is 0 Å². The molecule has 114 valence electrons. The first-order valence-corrected chi connectivity index (χ1v) is 8.06. The fourth-order valence-corrected chi connectivity index (χ4v) is 2.91. The molecule has 2 unspecified atom stereocenters. The van der Waals surface area contributed by atoms with E-state index in [4.69, 9.17) is 0 Å².